The summed E-state index contributed by atoms with van der Waals surface area (Å²) >= 11 is 0. The molecule has 0 spiro atoms. The molecule has 4 N–H and O–H groups in total. The molecule has 0 heterocycles. The fraction of sp³-hybridized carbons (Fsp3) is 0.600. The first-order valence-corrected chi connectivity index (χ1v) is 7.13. The molecule has 0 aromatic carbocycles. The monoisotopic (exact) mass is 268 g/mol. The van der Waals surface area contributed by atoms with E-state index in [1.807, 2.05) is 25.6 Å². The number of rotatable bonds is 10. The SMILES string of the molecule is CCC=CNC.CCC=CNCNCNC=CCC. The lowest BCUT2D eigenvalue weighted by atomic mass is 10.5. The van der Waals surface area contributed by atoms with Crippen molar-refractivity contribution in [1.82, 2.24) is 21.3 Å². The van der Waals surface area contributed by atoms with Crippen LogP contribution in [0.3, 0.4) is 0 Å². The Morgan fingerprint density at radius 3 is 1.42 bits per heavy atom. The molecule has 0 aromatic rings. The van der Waals surface area contributed by atoms with Gasteiger partial charge in [0.25, 0.3) is 0 Å². The Balaban J connectivity index is 0. The molecule has 0 saturated carbocycles. The smallest absolute Gasteiger partial charge is 0.0661 e. The van der Waals surface area contributed by atoms with Crippen LogP contribution in [0.5, 0.6) is 0 Å². The van der Waals surface area contributed by atoms with E-state index in [0.29, 0.717) is 0 Å². The third-order valence-electron chi connectivity index (χ3n) is 1.92. The summed E-state index contributed by atoms with van der Waals surface area (Å²) in [7, 11) is 1.90. The zero-order valence-electron chi connectivity index (χ0n) is 13.0. The summed E-state index contributed by atoms with van der Waals surface area (Å²) in [5, 5.41) is 12.3. The van der Waals surface area contributed by atoms with Crippen molar-refractivity contribution in [2.24, 2.45) is 0 Å². The van der Waals surface area contributed by atoms with E-state index in [1.54, 1.807) is 0 Å². The number of hydrogen-bond donors (Lipinski definition) is 4. The van der Waals surface area contributed by atoms with E-state index in [4.69, 9.17) is 0 Å². The standard InChI is InChI=1S/C10H21N3.C5H11N/c1-3-5-7-11-9-13-10-12-8-6-4-2;1-3-4-5-6-2/h5-8,11-13H,3-4,9-10H2,1-2H3;4-6H,3H2,1-2H3. The van der Waals surface area contributed by atoms with Crippen LogP contribution in [0.4, 0.5) is 0 Å². The van der Waals surface area contributed by atoms with Crippen molar-refractivity contribution in [2.75, 3.05) is 20.4 Å². The van der Waals surface area contributed by atoms with Crippen LogP contribution in [0.1, 0.15) is 40.0 Å². The van der Waals surface area contributed by atoms with E-state index in [-0.39, 0.29) is 0 Å². The van der Waals surface area contributed by atoms with Crippen molar-refractivity contribution < 1.29 is 0 Å². The fourth-order valence-electron chi connectivity index (χ4n) is 0.963. The molecule has 112 valence electrons. The van der Waals surface area contributed by atoms with Gasteiger partial charge in [-0.1, -0.05) is 39.0 Å². The molecule has 19 heavy (non-hydrogen) atoms. The largest absolute Gasteiger partial charge is 0.394 e. The van der Waals surface area contributed by atoms with Crippen LogP contribution >= 0.6 is 0 Å². The van der Waals surface area contributed by atoms with Gasteiger partial charge < -0.3 is 16.0 Å². The number of hydrogen-bond acceptors (Lipinski definition) is 4. The van der Waals surface area contributed by atoms with E-state index >= 15 is 0 Å². The summed E-state index contributed by atoms with van der Waals surface area (Å²) in [5.41, 5.74) is 0. The molecule has 0 rings (SSSR count). The van der Waals surface area contributed by atoms with Crippen molar-refractivity contribution in [3.63, 3.8) is 0 Å². The Kier molecular flexibility index (Phi) is 22.9. The average molecular weight is 268 g/mol. The lowest BCUT2D eigenvalue weighted by Crippen LogP contribution is -2.31. The molecule has 0 aromatic heterocycles. The Morgan fingerprint density at radius 1 is 0.684 bits per heavy atom. The van der Waals surface area contributed by atoms with Gasteiger partial charge in [-0.3, -0.25) is 5.32 Å². The highest BCUT2D eigenvalue weighted by atomic mass is 15.1. The quantitative estimate of drug-likeness (QED) is 0.363. The summed E-state index contributed by atoms with van der Waals surface area (Å²) in [6.07, 6.45) is 15.4. The van der Waals surface area contributed by atoms with Crippen LogP contribution in [-0.2, 0) is 0 Å². The Morgan fingerprint density at radius 2 is 1.11 bits per heavy atom. The molecule has 0 bridgehead atoms. The van der Waals surface area contributed by atoms with Gasteiger partial charge in [0.2, 0.25) is 0 Å². The van der Waals surface area contributed by atoms with Gasteiger partial charge in [0.15, 0.2) is 0 Å². The molecule has 0 aliphatic rings. The van der Waals surface area contributed by atoms with E-state index in [2.05, 4.69) is 60.3 Å². The number of nitrogens with one attached hydrogen (secondary N) is 4. The third kappa shape index (κ3) is 26.3. The molecule has 0 atom stereocenters. The molecular formula is C15H32N4. The van der Waals surface area contributed by atoms with E-state index in [9.17, 15) is 0 Å². The predicted octanol–water partition coefficient (Wildman–Crippen LogP) is 2.65. The van der Waals surface area contributed by atoms with Crippen molar-refractivity contribution in [2.45, 2.75) is 40.0 Å². The highest BCUT2D eigenvalue weighted by Crippen LogP contribution is 1.74. The Labute approximate surface area is 119 Å². The van der Waals surface area contributed by atoms with Crippen LogP contribution in [0.25, 0.3) is 0 Å². The van der Waals surface area contributed by atoms with Gasteiger partial charge in [-0.05, 0) is 37.9 Å². The van der Waals surface area contributed by atoms with E-state index < -0.39 is 0 Å². The van der Waals surface area contributed by atoms with Gasteiger partial charge in [0, 0.05) is 7.05 Å². The van der Waals surface area contributed by atoms with Crippen LogP contribution < -0.4 is 21.3 Å². The molecule has 4 nitrogen and oxygen atoms in total. The first-order chi connectivity index (χ1) is 9.33. The molecule has 0 saturated heterocycles. The summed E-state index contributed by atoms with van der Waals surface area (Å²) in [5.74, 6) is 0. The minimum Gasteiger partial charge on any atom is -0.394 e. The van der Waals surface area contributed by atoms with Gasteiger partial charge in [-0.25, -0.2) is 0 Å². The molecule has 0 amide bonds. The van der Waals surface area contributed by atoms with Crippen LogP contribution in [0, 0.1) is 0 Å². The first-order valence-electron chi connectivity index (χ1n) is 7.13. The maximum absolute atomic E-state index is 3.18. The van der Waals surface area contributed by atoms with Gasteiger partial charge in [-0.2, -0.15) is 0 Å². The molecular weight excluding hydrogens is 236 g/mol. The van der Waals surface area contributed by atoms with Gasteiger partial charge in [0.05, 0.1) is 13.3 Å². The van der Waals surface area contributed by atoms with Crippen molar-refractivity contribution in [3.05, 3.63) is 36.8 Å². The second-order valence-corrected chi connectivity index (χ2v) is 3.73. The second-order valence-electron chi connectivity index (χ2n) is 3.73. The average Bonchev–Trinajstić information content (AvgIpc) is 2.44. The zero-order valence-corrected chi connectivity index (χ0v) is 13.0. The van der Waals surface area contributed by atoms with Crippen molar-refractivity contribution in [3.8, 4) is 0 Å². The Bertz CT molecular complexity index is 200. The summed E-state index contributed by atoms with van der Waals surface area (Å²) < 4.78 is 0. The summed E-state index contributed by atoms with van der Waals surface area (Å²) in [6, 6.07) is 0. The topological polar surface area (TPSA) is 48.1 Å². The van der Waals surface area contributed by atoms with Crippen LogP contribution in [0.2, 0.25) is 0 Å². The minimum atomic E-state index is 0.795. The molecule has 0 aliphatic heterocycles. The molecule has 0 unspecified atom stereocenters. The zero-order chi connectivity index (χ0) is 14.6. The van der Waals surface area contributed by atoms with Gasteiger partial charge in [0.1, 0.15) is 0 Å². The molecule has 4 heteroatoms. The predicted molar refractivity (Wildman–Crippen MR) is 86.5 cm³/mol. The lowest BCUT2D eigenvalue weighted by molar-refractivity contribution is 0.619. The maximum Gasteiger partial charge on any atom is 0.0661 e. The fourth-order valence-corrected chi connectivity index (χ4v) is 0.963. The first kappa shape index (κ1) is 19.9. The summed E-state index contributed by atoms with van der Waals surface area (Å²) in [4.78, 5) is 0. The minimum absolute atomic E-state index is 0.795. The van der Waals surface area contributed by atoms with Gasteiger partial charge >= 0.3 is 0 Å². The van der Waals surface area contributed by atoms with E-state index in [0.717, 1.165) is 32.6 Å². The van der Waals surface area contributed by atoms with Crippen LogP contribution in [-0.4, -0.2) is 20.4 Å². The Hall–Kier alpha value is -1.42. The third-order valence-corrected chi connectivity index (χ3v) is 1.92. The highest BCUT2D eigenvalue weighted by molar-refractivity contribution is 4.78. The van der Waals surface area contributed by atoms with Crippen molar-refractivity contribution >= 4 is 0 Å². The normalized spacial score (nSPS) is 10.7. The lowest BCUT2D eigenvalue weighted by Gasteiger charge is -2.03. The van der Waals surface area contributed by atoms with Gasteiger partial charge in [-0.15, -0.1) is 0 Å². The maximum atomic E-state index is 3.18. The summed E-state index contributed by atoms with van der Waals surface area (Å²) in [6.45, 7) is 7.92. The van der Waals surface area contributed by atoms with Crippen LogP contribution in [0.15, 0.2) is 36.8 Å². The van der Waals surface area contributed by atoms with E-state index in [1.165, 1.54) is 0 Å². The highest BCUT2D eigenvalue weighted by Gasteiger charge is 1.78. The number of allylic oxidation sites excluding steroid dienone is 3. The van der Waals surface area contributed by atoms with Crippen molar-refractivity contribution in [1.29, 1.82) is 0 Å². The molecule has 0 fully saturated rings. The second kappa shape index (κ2) is 21.8. The molecule has 0 aliphatic carbocycles. The molecule has 0 radical (unpaired) electrons.